The molecule has 5 rings (SSSR count). The summed E-state index contributed by atoms with van der Waals surface area (Å²) in [5.74, 6) is 0. The van der Waals surface area contributed by atoms with Crippen LogP contribution in [-0.2, 0) is 6.54 Å². The summed E-state index contributed by atoms with van der Waals surface area (Å²) in [7, 11) is 0. The van der Waals surface area contributed by atoms with Crippen molar-refractivity contribution in [1.29, 1.82) is 0 Å². The van der Waals surface area contributed by atoms with Crippen molar-refractivity contribution in [2.24, 2.45) is 0 Å². The Morgan fingerprint density at radius 1 is 1.21 bits per heavy atom. The number of rotatable bonds is 0. The van der Waals surface area contributed by atoms with Crippen molar-refractivity contribution in [3.05, 3.63) is 53.9 Å². The lowest BCUT2D eigenvalue weighted by molar-refractivity contribution is -0.633. The van der Waals surface area contributed by atoms with E-state index in [0.717, 1.165) is 12.2 Å². The fraction of sp³-hybridized carbons (Fsp3) is 0.125. The summed E-state index contributed by atoms with van der Waals surface area (Å²) in [6.07, 6.45) is 4.03. The Kier molecular flexibility index (Phi) is 1.47. The molecule has 0 fully saturated rings. The minimum Gasteiger partial charge on any atom is -0.226 e. The molecule has 90 valence electrons. The molecule has 0 spiro atoms. The number of pyridine rings is 2. The second-order valence-electron chi connectivity index (χ2n) is 5.27. The Morgan fingerprint density at radius 3 is 3.11 bits per heavy atom. The highest BCUT2D eigenvalue weighted by Crippen LogP contribution is 2.31. The average Bonchev–Trinajstić information content (AvgIpc) is 2.98. The third-order valence-electron chi connectivity index (χ3n) is 4.29. The molecule has 3 nitrogen and oxygen atoms in total. The van der Waals surface area contributed by atoms with Gasteiger partial charge in [-0.2, -0.15) is 0 Å². The molecule has 0 aliphatic carbocycles. The minimum atomic E-state index is 0.937. The van der Waals surface area contributed by atoms with E-state index in [2.05, 4.69) is 51.3 Å². The number of fused-ring (bicyclic) bond motifs is 3. The van der Waals surface area contributed by atoms with Crippen molar-refractivity contribution < 1.29 is 4.57 Å². The summed E-state index contributed by atoms with van der Waals surface area (Å²) in [6.45, 7) is 3.13. The number of hydrogen-bond donors (Lipinski definition) is 0. The maximum atomic E-state index is 4.57. The molecule has 1 aliphatic heterocycles. The summed E-state index contributed by atoms with van der Waals surface area (Å²) in [4.78, 5) is 4.57. The zero-order valence-corrected chi connectivity index (χ0v) is 10.6. The molecule has 3 aromatic heterocycles. The minimum absolute atomic E-state index is 0.937. The van der Waals surface area contributed by atoms with E-state index in [1.165, 1.54) is 33.1 Å². The first kappa shape index (κ1) is 9.50. The molecule has 0 saturated heterocycles. The molecule has 0 amide bonds. The van der Waals surface area contributed by atoms with Crippen LogP contribution in [0.15, 0.2) is 42.7 Å². The summed E-state index contributed by atoms with van der Waals surface area (Å²) in [5, 5.41) is 2.71. The van der Waals surface area contributed by atoms with Crippen LogP contribution < -0.4 is 4.57 Å². The van der Waals surface area contributed by atoms with Crippen LogP contribution in [0, 0.1) is 6.92 Å². The Bertz CT molecular complexity index is 995. The van der Waals surface area contributed by atoms with Crippen LogP contribution in [0.1, 0.15) is 11.1 Å². The first-order valence-corrected chi connectivity index (χ1v) is 6.54. The summed E-state index contributed by atoms with van der Waals surface area (Å²) in [6, 6.07) is 10.8. The van der Waals surface area contributed by atoms with Crippen LogP contribution in [0.25, 0.3) is 27.6 Å². The van der Waals surface area contributed by atoms with Gasteiger partial charge in [-0.15, -0.1) is 4.98 Å². The molecule has 0 bridgehead atoms. The van der Waals surface area contributed by atoms with Crippen LogP contribution in [0.3, 0.4) is 0 Å². The molecule has 0 radical (unpaired) electrons. The van der Waals surface area contributed by atoms with Crippen LogP contribution in [0.2, 0.25) is 0 Å². The highest BCUT2D eigenvalue weighted by Gasteiger charge is 2.28. The fourth-order valence-electron chi connectivity index (χ4n) is 3.37. The maximum Gasteiger partial charge on any atom is 0.302 e. The zero-order valence-electron chi connectivity index (χ0n) is 10.6. The smallest absolute Gasteiger partial charge is 0.226 e. The topological polar surface area (TPSA) is 21.2 Å². The highest BCUT2D eigenvalue weighted by atomic mass is 15.2. The summed E-state index contributed by atoms with van der Waals surface area (Å²) >= 11 is 0. The third-order valence-corrected chi connectivity index (χ3v) is 4.29. The fourth-order valence-corrected chi connectivity index (χ4v) is 3.37. The monoisotopic (exact) mass is 246 g/mol. The van der Waals surface area contributed by atoms with Gasteiger partial charge in [-0.1, -0.05) is 12.1 Å². The number of nitrogens with zero attached hydrogens (tertiary/aromatic N) is 3. The second-order valence-corrected chi connectivity index (χ2v) is 5.27. The average molecular weight is 246 g/mol. The first-order valence-electron chi connectivity index (χ1n) is 6.54. The van der Waals surface area contributed by atoms with Gasteiger partial charge in [0.1, 0.15) is 6.20 Å². The van der Waals surface area contributed by atoms with E-state index in [1.54, 1.807) is 0 Å². The molecule has 4 aromatic rings. The normalized spacial score (nSPS) is 13.3. The Hall–Kier alpha value is -2.42. The van der Waals surface area contributed by atoms with E-state index >= 15 is 0 Å². The highest BCUT2D eigenvalue weighted by molar-refractivity contribution is 5.99. The largest absolute Gasteiger partial charge is 0.302 e. The number of imidazole rings is 1. The van der Waals surface area contributed by atoms with Crippen LogP contribution in [0.5, 0.6) is 0 Å². The standard InChI is InChI=1S/C16H12N3/c1-10-4-5-11-6-8-18-13-3-2-7-17-15(13)19-9-12(10)14(11)16(18)19/h2-8H,9H2,1H3/q+1. The van der Waals surface area contributed by atoms with Gasteiger partial charge in [-0.05, 0) is 36.1 Å². The third kappa shape index (κ3) is 0.964. The van der Waals surface area contributed by atoms with Gasteiger partial charge >= 0.3 is 5.65 Å². The van der Waals surface area contributed by atoms with Gasteiger partial charge in [0, 0.05) is 5.56 Å². The van der Waals surface area contributed by atoms with Gasteiger partial charge in [-0.25, -0.2) is 8.97 Å². The van der Waals surface area contributed by atoms with Gasteiger partial charge < -0.3 is 0 Å². The van der Waals surface area contributed by atoms with Crippen molar-refractivity contribution in [2.45, 2.75) is 13.5 Å². The molecule has 4 heterocycles. The van der Waals surface area contributed by atoms with Gasteiger partial charge in [-0.3, -0.25) is 0 Å². The lowest BCUT2D eigenvalue weighted by atomic mass is 10.0. The second kappa shape index (κ2) is 2.94. The lowest BCUT2D eigenvalue weighted by Crippen LogP contribution is -2.31. The Balaban J connectivity index is 2.19. The van der Waals surface area contributed by atoms with E-state index in [0.29, 0.717) is 0 Å². The Labute approximate surface area is 109 Å². The van der Waals surface area contributed by atoms with Crippen molar-refractivity contribution in [2.75, 3.05) is 0 Å². The lowest BCUT2D eigenvalue weighted by Gasteiger charge is -2.02. The van der Waals surface area contributed by atoms with Crippen LogP contribution in [-0.4, -0.2) is 9.38 Å². The van der Waals surface area contributed by atoms with Crippen molar-refractivity contribution in [3.8, 4) is 0 Å². The summed E-state index contributed by atoms with van der Waals surface area (Å²) < 4.78 is 4.60. The molecule has 19 heavy (non-hydrogen) atoms. The van der Waals surface area contributed by atoms with Gasteiger partial charge in [0.25, 0.3) is 0 Å². The van der Waals surface area contributed by atoms with E-state index < -0.39 is 0 Å². The van der Waals surface area contributed by atoms with Crippen LogP contribution >= 0.6 is 0 Å². The molecule has 0 atom stereocenters. The van der Waals surface area contributed by atoms with Crippen LogP contribution in [0.4, 0.5) is 0 Å². The van der Waals surface area contributed by atoms with Gasteiger partial charge in [0.15, 0.2) is 5.52 Å². The summed E-state index contributed by atoms with van der Waals surface area (Å²) in [5.41, 5.74) is 6.36. The predicted molar refractivity (Wildman–Crippen MR) is 74.2 cm³/mol. The van der Waals surface area contributed by atoms with E-state index in [1.807, 2.05) is 12.3 Å². The van der Waals surface area contributed by atoms with Gasteiger partial charge in [0.05, 0.1) is 18.1 Å². The number of aromatic nitrogens is 3. The van der Waals surface area contributed by atoms with Gasteiger partial charge in [0.2, 0.25) is 5.65 Å². The van der Waals surface area contributed by atoms with Crippen molar-refractivity contribution in [3.63, 3.8) is 0 Å². The SMILES string of the molecule is Cc1ccc2ccn3c4cccnc4[n+]4c3c2c1C4. The first-order chi connectivity index (χ1) is 9.34. The van der Waals surface area contributed by atoms with Crippen molar-refractivity contribution in [1.82, 2.24) is 9.38 Å². The van der Waals surface area contributed by atoms with Crippen molar-refractivity contribution >= 4 is 27.6 Å². The molecular weight excluding hydrogens is 234 g/mol. The predicted octanol–water partition coefficient (Wildman–Crippen LogP) is 2.60. The molecule has 1 aromatic carbocycles. The molecule has 3 heteroatoms. The van der Waals surface area contributed by atoms with E-state index in [4.69, 9.17) is 0 Å². The Morgan fingerprint density at radius 2 is 2.16 bits per heavy atom. The quantitative estimate of drug-likeness (QED) is 0.385. The number of aryl methyl sites for hydroxylation is 1. The molecule has 0 saturated carbocycles. The molecule has 1 aliphatic rings. The molecule has 0 unspecified atom stereocenters. The zero-order chi connectivity index (χ0) is 12.6. The number of hydrogen-bond acceptors (Lipinski definition) is 1. The molecule has 0 N–H and O–H groups in total. The van der Waals surface area contributed by atoms with E-state index in [9.17, 15) is 0 Å². The maximum absolute atomic E-state index is 4.57. The number of benzene rings is 1. The van der Waals surface area contributed by atoms with E-state index in [-0.39, 0.29) is 0 Å². The molecular formula is C16H12N3+.